The van der Waals surface area contributed by atoms with Gasteiger partial charge < -0.3 is 4.52 Å². The molecular weight excluding hydrogens is 254 g/mol. The van der Waals surface area contributed by atoms with Crippen LogP contribution in [0.25, 0.3) is 22.2 Å². The van der Waals surface area contributed by atoms with Gasteiger partial charge in [-0.15, -0.1) is 0 Å². The maximum Gasteiger partial charge on any atom is 0.296 e. The highest BCUT2D eigenvalue weighted by Crippen LogP contribution is 2.27. The van der Waals surface area contributed by atoms with Crippen molar-refractivity contribution in [3.05, 3.63) is 46.4 Å². The predicted molar refractivity (Wildman–Crippen MR) is 76.5 cm³/mol. The first-order valence-corrected chi connectivity index (χ1v) is 6.63. The fourth-order valence-corrected chi connectivity index (χ4v) is 2.31. The molecule has 0 aliphatic carbocycles. The monoisotopic (exact) mass is 269 g/mol. The van der Waals surface area contributed by atoms with Crippen LogP contribution in [0.15, 0.2) is 39.6 Å². The number of hydrogen-bond acceptors (Lipinski definition) is 4. The largest absolute Gasteiger partial charge is 0.360 e. The van der Waals surface area contributed by atoms with Gasteiger partial charge in [-0.2, -0.15) is 5.10 Å². The van der Waals surface area contributed by atoms with E-state index in [1.54, 1.807) is 7.05 Å². The van der Waals surface area contributed by atoms with Gasteiger partial charge in [0.25, 0.3) is 5.56 Å². The average molecular weight is 269 g/mol. The molecule has 0 aliphatic rings. The minimum Gasteiger partial charge on any atom is -0.360 e. The van der Waals surface area contributed by atoms with Gasteiger partial charge in [0.2, 0.25) is 0 Å². The summed E-state index contributed by atoms with van der Waals surface area (Å²) in [6.07, 6.45) is 1.67. The van der Waals surface area contributed by atoms with Gasteiger partial charge in [0, 0.05) is 19.0 Å². The fraction of sp³-hybridized carbons (Fsp3) is 0.267. The lowest BCUT2D eigenvalue weighted by Gasteiger charge is -2.05. The standard InChI is InChI=1S/C15H15N3O2/c1-3-7-11-12-13(10-8-5-4-6-9-10)16-18(2)15(19)14(12)17-20-11/h4-6,8-9H,3,7H2,1-2H3. The molecule has 20 heavy (non-hydrogen) atoms. The van der Waals surface area contributed by atoms with E-state index in [-0.39, 0.29) is 5.56 Å². The zero-order chi connectivity index (χ0) is 14.1. The Morgan fingerprint density at radius 2 is 2.00 bits per heavy atom. The highest BCUT2D eigenvalue weighted by molar-refractivity contribution is 5.93. The van der Waals surface area contributed by atoms with Crippen molar-refractivity contribution < 1.29 is 4.52 Å². The summed E-state index contributed by atoms with van der Waals surface area (Å²) >= 11 is 0. The molecule has 0 saturated carbocycles. The number of hydrogen-bond donors (Lipinski definition) is 0. The van der Waals surface area contributed by atoms with Crippen molar-refractivity contribution in [3.8, 4) is 11.3 Å². The van der Waals surface area contributed by atoms with Gasteiger partial charge in [-0.3, -0.25) is 4.79 Å². The molecule has 0 unspecified atom stereocenters. The second-order valence-electron chi connectivity index (χ2n) is 4.72. The van der Waals surface area contributed by atoms with E-state index in [9.17, 15) is 4.79 Å². The summed E-state index contributed by atoms with van der Waals surface area (Å²) in [4.78, 5) is 12.1. The molecule has 0 N–H and O–H groups in total. The van der Waals surface area contributed by atoms with Crippen molar-refractivity contribution in [1.82, 2.24) is 14.9 Å². The Balaban J connectivity index is 2.38. The molecule has 1 aromatic carbocycles. The lowest BCUT2D eigenvalue weighted by molar-refractivity contribution is 0.389. The lowest BCUT2D eigenvalue weighted by Crippen LogP contribution is -2.20. The van der Waals surface area contributed by atoms with E-state index in [0.717, 1.165) is 35.2 Å². The quantitative estimate of drug-likeness (QED) is 0.733. The van der Waals surface area contributed by atoms with Crippen molar-refractivity contribution in [3.63, 3.8) is 0 Å². The van der Waals surface area contributed by atoms with Gasteiger partial charge >= 0.3 is 0 Å². The highest BCUT2D eigenvalue weighted by Gasteiger charge is 2.19. The minimum atomic E-state index is -0.231. The van der Waals surface area contributed by atoms with E-state index in [0.29, 0.717) is 5.52 Å². The van der Waals surface area contributed by atoms with Gasteiger partial charge in [-0.1, -0.05) is 42.4 Å². The first-order valence-electron chi connectivity index (χ1n) is 6.63. The third-order valence-corrected chi connectivity index (χ3v) is 3.27. The molecule has 0 fully saturated rings. The summed E-state index contributed by atoms with van der Waals surface area (Å²) < 4.78 is 6.66. The van der Waals surface area contributed by atoms with E-state index in [4.69, 9.17) is 4.52 Å². The van der Waals surface area contributed by atoms with Crippen molar-refractivity contribution in [2.75, 3.05) is 0 Å². The van der Waals surface area contributed by atoms with Crippen molar-refractivity contribution in [1.29, 1.82) is 0 Å². The van der Waals surface area contributed by atoms with E-state index in [1.165, 1.54) is 4.68 Å². The number of fused-ring (bicyclic) bond motifs is 1. The van der Waals surface area contributed by atoms with E-state index < -0.39 is 0 Å². The number of rotatable bonds is 3. The zero-order valence-corrected chi connectivity index (χ0v) is 11.5. The van der Waals surface area contributed by atoms with Crippen molar-refractivity contribution >= 4 is 10.9 Å². The molecule has 3 aromatic rings. The fourth-order valence-electron chi connectivity index (χ4n) is 2.31. The topological polar surface area (TPSA) is 60.9 Å². The van der Waals surface area contributed by atoms with Crippen LogP contribution in [0.3, 0.4) is 0 Å². The molecule has 0 radical (unpaired) electrons. The Kier molecular flexibility index (Phi) is 3.10. The summed E-state index contributed by atoms with van der Waals surface area (Å²) in [5, 5.41) is 9.06. The molecule has 0 amide bonds. The number of aryl methyl sites for hydroxylation is 2. The molecule has 0 atom stereocenters. The first-order chi connectivity index (χ1) is 9.72. The molecule has 0 bridgehead atoms. The molecule has 0 spiro atoms. The Morgan fingerprint density at radius 3 is 2.70 bits per heavy atom. The van der Waals surface area contributed by atoms with Crippen molar-refractivity contribution in [2.24, 2.45) is 7.05 Å². The van der Waals surface area contributed by atoms with Crippen LogP contribution in [0.1, 0.15) is 19.1 Å². The van der Waals surface area contributed by atoms with Gasteiger partial charge in [-0.05, 0) is 6.42 Å². The van der Waals surface area contributed by atoms with Gasteiger partial charge in [0.15, 0.2) is 5.52 Å². The summed E-state index contributed by atoms with van der Waals surface area (Å²) in [7, 11) is 1.63. The van der Waals surface area contributed by atoms with Crippen LogP contribution in [0.2, 0.25) is 0 Å². The third kappa shape index (κ3) is 1.91. The first kappa shape index (κ1) is 12.6. The Bertz CT molecular complexity index is 803. The van der Waals surface area contributed by atoms with Crippen LogP contribution in [-0.2, 0) is 13.5 Å². The van der Waals surface area contributed by atoms with E-state index >= 15 is 0 Å². The van der Waals surface area contributed by atoms with Crippen LogP contribution in [0.5, 0.6) is 0 Å². The van der Waals surface area contributed by atoms with Crippen molar-refractivity contribution in [2.45, 2.75) is 19.8 Å². The molecule has 3 rings (SSSR count). The number of aromatic nitrogens is 3. The predicted octanol–water partition coefficient (Wildman–Crippen LogP) is 2.54. The molecule has 0 aliphatic heterocycles. The molecule has 5 nitrogen and oxygen atoms in total. The van der Waals surface area contributed by atoms with Crippen LogP contribution in [0.4, 0.5) is 0 Å². The molecule has 0 saturated heterocycles. The van der Waals surface area contributed by atoms with Gasteiger partial charge in [-0.25, -0.2) is 4.68 Å². The second kappa shape index (κ2) is 4.92. The van der Waals surface area contributed by atoms with Gasteiger partial charge in [0.05, 0.1) is 5.39 Å². The second-order valence-corrected chi connectivity index (χ2v) is 4.72. The molecule has 2 heterocycles. The molecule has 2 aromatic heterocycles. The SMILES string of the molecule is CCCc1onc2c(=O)n(C)nc(-c3ccccc3)c12. The smallest absolute Gasteiger partial charge is 0.296 e. The number of benzene rings is 1. The third-order valence-electron chi connectivity index (χ3n) is 3.27. The van der Waals surface area contributed by atoms with E-state index in [1.807, 2.05) is 30.3 Å². The zero-order valence-electron chi connectivity index (χ0n) is 11.5. The van der Waals surface area contributed by atoms with E-state index in [2.05, 4.69) is 17.2 Å². The lowest BCUT2D eigenvalue weighted by atomic mass is 10.1. The highest BCUT2D eigenvalue weighted by atomic mass is 16.5. The maximum atomic E-state index is 12.1. The molecule has 5 heteroatoms. The maximum absolute atomic E-state index is 12.1. The van der Waals surface area contributed by atoms with Crippen LogP contribution in [0, 0.1) is 0 Å². The van der Waals surface area contributed by atoms with Crippen LogP contribution < -0.4 is 5.56 Å². The van der Waals surface area contributed by atoms with Crippen LogP contribution >= 0.6 is 0 Å². The Morgan fingerprint density at radius 1 is 1.25 bits per heavy atom. The summed E-state index contributed by atoms with van der Waals surface area (Å²) in [5.41, 5.74) is 1.82. The Hall–Kier alpha value is -2.43. The molecule has 102 valence electrons. The average Bonchev–Trinajstić information content (AvgIpc) is 2.88. The number of nitrogens with zero attached hydrogens (tertiary/aromatic N) is 3. The van der Waals surface area contributed by atoms with Crippen LogP contribution in [-0.4, -0.2) is 14.9 Å². The Labute approximate surface area is 115 Å². The molecular formula is C15H15N3O2. The normalized spacial score (nSPS) is 11.1. The summed E-state index contributed by atoms with van der Waals surface area (Å²) in [5.74, 6) is 0.728. The van der Waals surface area contributed by atoms with Gasteiger partial charge in [0.1, 0.15) is 11.5 Å². The minimum absolute atomic E-state index is 0.231. The summed E-state index contributed by atoms with van der Waals surface area (Å²) in [6, 6.07) is 9.77. The summed E-state index contributed by atoms with van der Waals surface area (Å²) in [6.45, 7) is 2.06.